The van der Waals surface area contributed by atoms with Crippen LogP contribution in [0.3, 0.4) is 0 Å². The van der Waals surface area contributed by atoms with Crippen LogP contribution in [0.2, 0.25) is 0 Å². The maximum Gasteiger partial charge on any atom is 0.248 e. The van der Waals surface area contributed by atoms with Gasteiger partial charge in [0.1, 0.15) is 6.61 Å². The summed E-state index contributed by atoms with van der Waals surface area (Å²) in [7, 11) is 1.52. The van der Waals surface area contributed by atoms with Gasteiger partial charge in [-0.15, -0.1) is 0 Å². The van der Waals surface area contributed by atoms with Gasteiger partial charge in [-0.25, -0.2) is 0 Å². The minimum Gasteiger partial charge on any atom is -0.375 e. The molecule has 136 valence electrons. The fraction of sp³-hybridized carbons (Fsp3) is 0.611. The lowest BCUT2D eigenvalue weighted by atomic mass is 9.79. The monoisotopic (exact) mass is 346 g/mol. The Balaban J connectivity index is 1.77. The summed E-state index contributed by atoms with van der Waals surface area (Å²) in [6.45, 7) is 5.76. The van der Waals surface area contributed by atoms with Gasteiger partial charge in [0.25, 0.3) is 0 Å². The molecule has 0 spiro atoms. The molecule has 3 heterocycles. The lowest BCUT2D eigenvalue weighted by molar-refractivity contribution is -0.143. The van der Waals surface area contributed by atoms with Crippen molar-refractivity contribution in [2.24, 2.45) is 11.3 Å². The van der Waals surface area contributed by atoms with Crippen LogP contribution in [0.4, 0.5) is 0 Å². The molecule has 2 amide bonds. The average Bonchev–Trinajstić information content (AvgIpc) is 3.18. The number of pyridine rings is 1. The van der Waals surface area contributed by atoms with Crippen LogP contribution in [-0.4, -0.2) is 73.0 Å². The topological polar surface area (TPSA) is 74.8 Å². The number of hydrogen-bond donors (Lipinski definition) is 1. The summed E-state index contributed by atoms with van der Waals surface area (Å²) in [5.74, 6) is 0.253. The zero-order valence-corrected chi connectivity index (χ0v) is 14.9. The summed E-state index contributed by atoms with van der Waals surface area (Å²) in [4.78, 5) is 33.3. The van der Waals surface area contributed by atoms with Gasteiger partial charge in [-0.05, 0) is 24.6 Å². The molecule has 3 rings (SSSR count). The van der Waals surface area contributed by atoms with E-state index in [-0.39, 0.29) is 24.3 Å². The second-order valence-electron chi connectivity index (χ2n) is 6.87. The highest BCUT2D eigenvalue weighted by atomic mass is 16.5. The molecule has 2 aliphatic heterocycles. The molecular formula is C18H26N4O3. The smallest absolute Gasteiger partial charge is 0.248 e. The van der Waals surface area contributed by atoms with Crippen LogP contribution in [0.15, 0.2) is 24.5 Å². The highest BCUT2D eigenvalue weighted by molar-refractivity contribution is 5.87. The highest BCUT2D eigenvalue weighted by Crippen LogP contribution is 2.41. The van der Waals surface area contributed by atoms with Crippen molar-refractivity contribution in [1.29, 1.82) is 0 Å². The number of amides is 2. The number of nitrogens with zero attached hydrogens (tertiary/aromatic N) is 3. The number of carbonyl (C=O) groups excluding carboxylic acids is 2. The number of carbonyl (C=O) groups is 2. The Morgan fingerprint density at radius 3 is 2.88 bits per heavy atom. The summed E-state index contributed by atoms with van der Waals surface area (Å²) >= 11 is 0. The Hall–Kier alpha value is -1.99. The van der Waals surface area contributed by atoms with Crippen molar-refractivity contribution in [2.75, 3.05) is 46.4 Å². The number of hydrogen-bond acceptors (Lipinski definition) is 5. The van der Waals surface area contributed by atoms with Gasteiger partial charge in [0.05, 0.1) is 5.41 Å². The molecule has 25 heavy (non-hydrogen) atoms. The van der Waals surface area contributed by atoms with E-state index in [4.69, 9.17) is 4.74 Å². The van der Waals surface area contributed by atoms with Crippen molar-refractivity contribution in [3.05, 3.63) is 30.1 Å². The fourth-order valence-corrected chi connectivity index (χ4v) is 3.98. The first-order chi connectivity index (χ1) is 12.1. The first-order valence-corrected chi connectivity index (χ1v) is 8.76. The molecule has 7 heteroatoms. The van der Waals surface area contributed by atoms with Crippen molar-refractivity contribution < 1.29 is 14.3 Å². The van der Waals surface area contributed by atoms with E-state index in [9.17, 15) is 9.59 Å². The highest BCUT2D eigenvalue weighted by Gasteiger charge is 2.56. The average molecular weight is 346 g/mol. The third-order valence-corrected chi connectivity index (χ3v) is 5.36. The molecule has 0 saturated carbocycles. The van der Waals surface area contributed by atoms with Gasteiger partial charge >= 0.3 is 0 Å². The Labute approximate surface area is 148 Å². The molecule has 1 N–H and O–H groups in total. The van der Waals surface area contributed by atoms with E-state index in [0.29, 0.717) is 32.7 Å². The van der Waals surface area contributed by atoms with E-state index in [1.807, 2.05) is 24.0 Å². The van der Waals surface area contributed by atoms with E-state index in [0.717, 1.165) is 12.1 Å². The van der Waals surface area contributed by atoms with Gasteiger partial charge in [0, 0.05) is 64.7 Å². The SMILES string of the molecule is CCN(Cc1ccncc1)C(=O)[C@]12CNC[C@H]1CN(C(=O)COC)C2. The largest absolute Gasteiger partial charge is 0.375 e. The molecule has 1 aromatic rings. The summed E-state index contributed by atoms with van der Waals surface area (Å²) < 4.78 is 4.97. The van der Waals surface area contributed by atoms with Crippen LogP contribution < -0.4 is 5.32 Å². The van der Waals surface area contributed by atoms with Crippen LogP contribution in [0.25, 0.3) is 0 Å². The van der Waals surface area contributed by atoms with Crippen molar-refractivity contribution in [2.45, 2.75) is 13.5 Å². The molecule has 0 aliphatic carbocycles. The minimum absolute atomic E-state index is 0.0405. The van der Waals surface area contributed by atoms with E-state index < -0.39 is 5.41 Å². The molecule has 2 aliphatic rings. The molecule has 2 atom stereocenters. The van der Waals surface area contributed by atoms with Gasteiger partial charge in [-0.3, -0.25) is 14.6 Å². The zero-order valence-electron chi connectivity index (χ0n) is 14.9. The zero-order chi connectivity index (χ0) is 17.9. The van der Waals surface area contributed by atoms with Gasteiger partial charge in [0.2, 0.25) is 11.8 Å². The van der Waals surface area contributed by atoms with Crippen LogP contribution in [0, 0.1) is 11.3 Å². The summed E-state index contributed by atoms with van der Waals surface area (Å²) in [6.07, 6.45) is 3.49. The molecule has 0 unspecified atom stereocenters. The number of nitrogens with one attached hydrogen (secondary N) is 1. The van der Waals surface area contributed by atoms with Crippen LogP contribution in [0.1, 0.15) is 12.5 Å². The van der Waals surface area contributed by atoms with E-state index in [2.05, 4.69) is 10.3 Å². The van der Waals surface area contributed by atoms with Crippen molar-refractivity contribution >= 4 is 11.8 Å². The molecule has 0 aromatic carbocycles. The Morgan fingerprint density at radius 1 is 1.44 bits per heavy atom. The number of fused-ring (bicyclic) bond motifs is 1. The predicted molar refractivity (Wildman–Crippen MR) is 92.6 cm³/mol. The predicted octanol–water partition coefficient (Wildman–Crippen LogP) is 0.125. The van der Waals surface area contributed by atoms with Crippen molar-refractivity contribution in [3.63, 3.8) is 0 Å². The maximum absolute atomic E-state index is 13.4. The third-order valence-electron chi connectivity index (χ3n) is 5.36. The Bertz CT molecular complexity index is 624. The van der Waals surface area contributed by atoms with Gasteiger partial charge in [-0.1, -0.05) is 0 Å². The molecule has 0 bridgehead atoms. The number of aromatic nitrogens is 1. The molecular weight excluding hydrogens is 320 g/mol. The molecule has 2 fully saturated rings. The lowest BCUT2D eigenvalue weighted by Gasteiger charge is -2.33. The van der Waals surface area contributed by atoms with E-state index in [1.165, 1.54) is 7.11 Å². The second-order valence-corrected chi connectivity index (χ2v) is 6.87. The van der Waals surface area contributed by atoms with Crippen LogP contribution >= 0.6 is 0 Å². The molecule has 7 nitrogen and oxygen atoms in total. The number of ether oxygens (including phenoxy) is 1. The molecule has 2 saturated heterocycles. The van der Waals surface area contributed by atoms with Gasteiger partial charge in [0.15, 0.2) is 0 Å². The quantitative estimate of drug-likeness (QED) is 0.792. The van der Waals surface area contributed by atoms with E-state index >= 15 is 0 Å². The van der Waals surface area contributed by atoms with E-state index in [1.54, 1.807) is 17.3 Å². The standard InChI is InChI=1S/C18H26N4O3/c1-3-21(9-14-4-6-19-7-5-14)17(24)18-12-20-8-15(18)10-22(13-18)16(23)11-25-2/h4-7,15,20H,3,8-13H2,1-2H3/t15-,18-/m0/s1. The van der Waals surface area contributed by atoms with Crippen LogP contribution in [0.5, 0.6) is 0 Å². The Kier molecular flexibility index (Phi) is 5.34. The number of methoxy groups -OCH3 is 1. The normalized spacial score (nSPS) is 25.0. The number of rotatable bonds is 6. The van der Waals surface area contributed by atoms with Crippen LogP contribution in [-0.2, 0) is 20.9 Å². The second kappa shape index (κ2) is 7.49. The van der Waals surface area contributed by atoms with Crippen molar-refractivity contribution in [3.8, 4) is 0 Å². The number of likely N-dealkylation sites (tertiary alicyclic amines) is 1. The summed E-state index contributed by atoms with van der Waals surface area (Å²) in [6, 6.07) is 3.86. The summed E-state index contributed by atoms with van der Waals surface area (Å²) in [5, 5.41) is 3.35. The minimum atomic E-state index is -0.521. The van der Waals surface area contributed by atoms with Gasteiger partial charge in [-0.2, -0.15) is 0 Å². The Morgan fingerprint density at radius 2 is 2.20 bits per heavy atom. The molecule has 0 radical (unpaired) electrons. The fourth-order valence-electron chi connectivity index (χ4n) is 3.98. The first-order valence-electron chi connectivity index (χ1n) is 8.76. The lowest BCUT2D eigenvalue weighted by Crippen LogP contribution is -2.49. The summed E-state index contributed by atoms with van der Waals surface area (Å²) in [5.41, 5.74) is 0.543. The molecule has 1 aromatic heterocycles. The third kappa shape index (κ3) is 3.39. The van der Waals surface area contributed by atoms with Crippen molar-refractivity contribution in [1.82, 2.24) is 20.1 Å². The first kappa shape index (κ1) is 17.8. The maximum atomic E-state index is 13.4. The van der Waals surface area contributed by atoms with Gasteiger partial charge < -0.3 is 19.9 Å².